The van der Waals surface area contributed by atoms with E-state index in [1.165, 1.54) is 31.5 Å². The normalized spacial score (nSPS) is 10.4. The fourth-order valence-corrected chi connectivity index (χ4v) is 1.89. The average molecular weight is 345 g/mol. The second kappa shape index (κ2) is 8.29. The molecule has 0 saturated heterocycles. The Morgan fingerprint density at radius 3 is 2.72 bits per heavy atom. The molecular weight excluding hydrogens is 330 g/mol. The molecule has 0 atom stereocenters. The van der Waals surface area contributed by atoms with Gasteiger partial charge in [-0.3, -0.25) is 14.9 Å². The number of benzene rings is 2. The van der Waals surface area contributed by atoms with Gasteiger partial charge in [0.1, 0.15) is 0 Å². The molecular formula is C16H15N3O6. The predicted molar refractivity (Wildman–Crippen MR) is 89.0 cm³/mol. The van der Waals surface area contributed by atoms with Gasteiger partial charge in [0.2, 0.25) is 0 Å². The van der Waals surface area contributed by atoms with Crippen LogP contribution in [0.5, 0.6) is 17.2 Å². The third-order valence-corrected chi connectivity index (χ3v) is 3.06. The van der Waals surface area contributed by atoms with E-state index in [4.69, 9.17) is 9.47 Å². The molecule has 0 aliphatic heterocycles. The van der Waals surface area contributed by atoms with Crippen LogP contribution in [-0.4, -0.2) is 35.9 Å². The second-order valence-electron chi connectivity index (χ2n) is 4.70. The summed E-state index contributed by atoms with van der Waals surface area (Å²) in [4.78, 5) is 21.9. The molecule has 0 saturated carbocycles. The average Bonchev–Trinajstić information content (AvgIpc) is 2.61. The summed E-state index contributed by atoms with van der Waals surface area (Å²) in [6.07, 6.45) is 1.24. The number of nitrogens with one attached hydrogen (secondary N) is 1. The molecule has 9 nitrogen and oxygen atoms in total. The van der Waals surface area contributed by atoms with E-state index in [2.05, 4.69) is 10.5 Å². The maximum absolute atomic E-state index is 11.7. The second-order valence-corrected chi connectivity index (χ2v) is 4.70. The summed E-state index contributed by atoms with van der Waals surface area (Å²) in [5, 5.41) is 24.4. The Morgan fingerprint density at radius 1 is 1.28 bits per heavy atom. The van der Waals surface area contributed by atoms with Gasteiger partial charge in [0, 0.05) is 11.6 Å². The summed E-state index contributed by atoms with van der Waals surface area (Å²) in [5.74, 6) is -0.469. The van der Waals surface area contributed by atoms with Crippen molar-refractivity contribution in [2.24, 2.45) is 5.10 Å². The summed E-state index contributed by atoms with van der Waals surface area (Å²) in [7, 11) is 1.41. The fourth-order valence-electron chi connectivity index (χ4n) is 1.89. The molecule has 2 aromatic rings. The minimum Gasteiger partial charge on any atom is -0.504 e. The molecule has 130 valence electrons. The van der Waals surface area contributed by atoms with E-state index in [1.807, 2.05) is 0 Å². The van der Waals surface area contributed by atoms with Gasteiger partial charge in [-0.2, -0.15) is 5.10 Å². The number of ether oxygens (including phenoxy) is 2. The summed E-state index contributed by atoms with van der Waals surface area (Å²) in [5.41, 5.74) is 2.31. The van der Waals surface area contributed by atoms with Gasteiger partial charge < -0.3 is 14.6 Å². The zero-order valence-electron chi connectivity index (χ0n) is 13.2. The zero-order valence-corrected chi connectivity index (χ0v) is 13.2. The van der Waals surface area contributed by atoms with Gasteiger partial charge in [-0.1, -0.05) is 18.2 Å². The van der Waals surface area contributed by atoms with Crippen LogP contribution < -0.4 is 14.9 Å². The Hall–Kier alpha value is -3.62. The minimum absolute atomic E-state index is 0.0166. The van der Waals surface area contributed by atoms with Crippen molar-refractivity contribution in [3.63, 3.8) is 0 Å². The number of hydrogen-bond acceptors (Lipinski definition) is 7. The number of para-hydroxylation sites is 3. The zero-order chi connectivity index (χ0) is 18.2. The maximum atomic E-state index is 11.7. The Morgan fingerprint density at radius 2 is 2.00 bits per heavy atom. The maximum Gasteiger partial charge on any atom is 0.310 e. The van der Waals surface area contributed by atoms with Crippen molar-refractivity contribution in [1.82, 2.24) is 5.43 Å². The highest BCUT2D eigenvalue weighted by atomic mass is 16.6. The number of nitrogens with zero attached hydrogens (tertiary/aromatic N) is 2. The van der Waals surface area contributed by atoms with Crippen LogP contribution in [-0.2, 0) is 4.79 Å². The number of phenols is 1. The largest absolute Gasteiger partial charge is 0.504 e. The van der Waals surface area contributed by atoms with Crippen molar-refractivity contribution < 1.29 is 24.3 Å². The molecule has 0 bridgehead atoms. The number of hydrogen-bond donors (Lipinski definition) is 2. The van der Waals surface area contributed by atoms with E-state index in [1.54, 1.807) is 24.3 Å². The molecule has 0 radical (unpaired) electrons. The van der Waals surface area contributed by atoms with Gasteiger partial charge in [-0.15, -0.1) is 0 Å². The summed E-state index contributed by atoms with van der Waals surface area (Å²) < 4.78 is 10.1. The first-order valence-electron chi connectivity index (χ1n) is 7.07. The Labute approximate surface area is 142 Å². The number of methoxy groups -OCH3 is 1. The van der Waals surface area contributed by atoms with Crippen LogP contribution in [0.2, 0.25) is 0 Å². The van der Waals surface area contributed by atoms with Crippen molar-refractivity contribution in [3.8, 4) is 17.2 Å². The van der Waals surface area contributed by atoms with Gasteiger partial charge in [-0.25, -0.2) is 5.43 Å². The van der Waals surface area contributed by atoms with Crippen molar-refractivity contribution >= 4 is 17.8 Å². The number of carbonyl (C=O) groups excluding carboxylic acids is 1. The molecule has 2 N–H and O–H groups in total. The first kappa shape index (κ1) is 17.7. The molecule has 0 aliphatic carbocycles. The Bertz CT molecular complexity index is 806. The lowest BCUT2D eigenvalue weighted by Crippen LogP contribution is -2.24. The van der Waals surface area contributed by atoms with E-state index in [0.29, 0.717) is 5.56 Å². The van der Waals surface area contributed by atoms with E-state index < -0.39 is 17.4 Å². The van der Waals surface area contributed by atoms with Crippen molar-refractivity contribution in [1.29, 1.82) is 0 Å². The molecule has 1 amide bonds. The standard InChI is InChI=1S/C16H15N3O6/c1-24-14-8-4-5-11(16(14)21)9-17-18-15(20)10-25-13-7-3-2-6-12(13)19(22)23/h2-9,21H,10H2,1H3,(H,18,20)/b17-9-. The SMILES string of the molecule is COc1cccc(/C=N\NC(=O)COc2ccccc2[N+](=O)[O-])c1O. The molecule has 0 unspecified atom stereocenters. The van der Waals surface area contributed by atoms with Crippen LogP contribution in [0, 0.1) is 10.1 Å². The van der Waals surface area contributed by atoms with Crippen LogP contribution in [0.3, 0.4) is 0 Å². The molecule has 2 rings (SSSR count). The topological polar surface area (TPSA) is 123 Å². The number of amides is 1. The highest BCUT2D eigenvalue weighted by Gasteiger charge is 2.14. The van der Waals surface area contributed by atoms with Gasteiger partial charge in [0.25, 0.3) is 5.91 Å². The molecule has 0 fully saturated rings. The van der Waals surface area contributed by atoms with E-state index >= 15 is 0 Å². The number of carbonyl (C=O) groups is 1. The van der Waals surface area contributed by atoms with Gasteiger partial charge in [-0.05, 0) is 18.2 Å². The number of nitro benzene ring substituents is 1. The minimum atomic E-state index is -0.614. The lowest BCUT2D eigenvalue weighted by Gasteiger charge is -2.06. The Kier molecular flexibility index (Phi) is 5.88. The number of aromatic hydroxyl groups is 1. The van der Waals surface area contributed by atoms with Crippen LogP contribution >= 0.6 is 0 Å². The lowest BCUT2D eigenvalue weighted by molar-refractivity contribution is -0.385. The third-order valence-electron chi connectivity index (χ3n) is 3.06. The smallest absolute Gasteiger partial charge is 0.310 e. The quantitative estimate of drug-likeness (QED) is 0.448. The van der Waals surface area contributed by atoms with E-state index in [-0.39, 0.29) is 22.9 Å². The highest BCUT2D eigenvalue weighted by Crippen LogP contribution is 2.28. The van der Waals surface area contributed by atoms with Crippen LogP contribution in [0.15, 0.2) is 47.6 Å². The first-order valence-corrected chi connectivity index (χ1v) is 7.07. The van der Waals surface area contributed by atoms with Gasteiger partial charge >= 0.3 is 5.69 Å². The number of phenolic OH excluding ortho intramolecular Hbond substituents is 1. The third kappa shape index (κ3) is 4.67. The van der Waals surface area contributed by atoms with Crippen molar-refractivity contribution in [3.05, 3.63) is 58.1 Å². The number of rotatable bonds is 7. The Balaban J connectivity index is 1.93. The van der Waals surface area contributed by atoms with E-state index in [9.17, 15) is 20.0 Å². The summed E-state index contributed by atoms with van der Waals surface area (Å²) >= 11 is 0. The first-order chi connectivity index (χ1) is 12.0. The number of nitro groups is 1. The molecule has 0 aliphatic rings. The van der Waals surface area contributed by atoms with Gasteiger partial charge in [0.15, 0.2) is 23.9 Å². The van der Waals surface area contributed by atoms with Crippen LogP contribution in [0.25, 0.3) is 0 Å². The van der Waals surface area contributed by atoms with Crippen molar-refractivity contribution in [2.75, 3.05) is 13.7 Å². The molecule has 0 heterocycles. The van der Waals surface area contributed by atoms with E-state index in [0.717, 1.165) is 0 Å². The lowest BCUT2D eigenvalue weighted by atomic mass is 10.2. The molecule has 2 aromatic carbocycles. The molecule has 0 spiro atoms. The summed E-state index contributed by atoms with van der Waals surface area (Å²) in [6, 6.07) is 10.5. The molecule has 9 heteroatoms. The highest BCUT2D eigenvalue weighted by molar-refractivity contribution is 5.86. The van der Waals surface area contributed by atoms with Crippen LogP contribution in [0.4, 0.5) is 5.69 Å². The summed E-state index contributed by atoms with van der Waals surface area (Å²) in [6.45, 7) is -0.452. The van der Waals surface area contributed by atoms with Crippen LogP contribution in [0.1, 0.15) is 5.56 Å². The predicted octanol–water partition coefficient (Wildman–Crippen LogP) is 1.84. The van der Waals surface area contributed by atoms with Gasteiger partial charge in [0.05, 0.1) is 18.2 Å². The van der Waals surface area contributed by atoms with Crippen molar-refractivity contribution in [2.45, 2.75) is 0 Å². The fraction of sp³-hybridized carbons (Fsp3) is 0.125. The number of hydrazone groups is 1. The molecule has 0 aromatic heterocycles. The molecule has 25 heavy (non-hydrogen) atoms. The monoisotopic (exact) mass is 345 g/mol.